The van der Waals surface area contributed by atoms with Crippen LogP contribution in [0.3, 0.4) is 0 Å². The summed E-state index contributed by atoms with van der Waals surface area (Å²) >= 11 is 5.20. The maximum atomic E-state index is 13.1. The maximum absolute atomic E-state index is 13.1. The van der Waals surface area contributed by atoms with Crippen LogP contribution in [0.5, 0.6) is 0 Å². The van der Waals surface area contributed by atoms with E-state index < -0.39 is 0 Å². The normalized spacial score (nSPS) is 14.7. The van der Waals surface area contributed by atoms with Crippen molar-refractivity contribution in [2.45, 2.75) is 39.0 Å². The first kappa shape index (κ1) is 24.0. The summed E-state index contributed by atoms with van der Waals surface area (Å²) in [5.74, 6) is -0.0808. The number of nitrogens with zero attached hydrogens (tertiary/aromatic N) is 5. The van der Waals surface area contributed by atoms with Gasteiger partial charge in [-0.2, -0.15) is 5.10 Å². The van der Waals surface area contributed by atoms with Crippen LogP contribution in [0.15, 0.2) is 47.2 Å². The summed E-state index contributed by atoms with van der Waals surface area (Å²) in [4.78, 5) is 36.7. The highest BCUT2D eigenvalue weighted by Crippen LogP contribution is 2.44. The summed E-state index contributed by atoms with van der Waals surface area (Å²) in [5, 5.41) is 8.49. The molecule has 6 rings (SSSR count). The molecule has 0 radical (unpaired) electrons. The van der Waals surface area contributed by atoms with Crippen molar-refractivity contribution < 1.29 is 9.59 Å². The monoisotopic (exact) mass is 576 g/mol. The second kappa shape index (κ2) is 9.83. The van der Waals surface area contributed by atoms with Gasteiger partial charge in [-0.1, -0.05) is 11.3 Å². The van der Waals surface area contributed by atoms with E-state index in [4.69, 9.17) is 5.10 Å². The van der Waals surface area contributed by atoms with Gasteiger partial charge in [0.15, 0.2) is 5.13 Å². The van der Waals surface area contributed by atoms with Gasteiger partial charge in [0, 0.05) is 53.6 Å². The van der Waals surface area contributed by atoms with E-state index >= 15 is 0 Å². The number of fused-ring (bicyclic) bond motifs is 3. The topological polar surface area (TPSA) is 93.0 Å². The molecule has 0 atom stereocenters. The lowest BCUT2D eigenvalue weighted by Gasteiger charge is -2.27. The van der Waals surface area contributed by atoms with E-state index in [9.17, 15) is 9.59 Å². The van der Waals surface area contributed by atoms with Crippen molar-refractivity contribution in [3.05, 3.63) is 64.0 Å². The van der Waals surface area contributed by atoms with Crippen LogP contribution in [0.25, 0.3) is 27.5 Å². The number of nitrogens with one attached hydrogen (secondary N) is 1. The Hall–Kier alpha value is -3.37. The summed E-state index contributed by atoms with van der Waals surface area (Å²) < 4.78 is 2.72. The molecule has 2 aliphatic rings. The Morgan fingerprint density at radius 3 is 2.68 bits per heavy atom. The molecule has 8 nitrogen and oxygen atoms in total. The number of thiazole rings is 1. The number of likely N-dealkylation sites (tertiary alicyclic amines) is 1. The fourth-order valence-electron chi connectivity index (χ4n) is 5.07. The average molecular weight is 578 g/mol. The Bertz CT molecular complexity index is 1510. The van der Waals surface area contributed by atoms with E-state index in [-0.39, 0.29) is 11.8 Å². The number of aromatic nitrogens is 4. The van der Waals surface area contributed by atoms with E-state index in [1.165, 1.54) is 24.7 Å². The van der Waals surface area contributed by atoms with Crippen molar-refractivity contribution in [2.24, 2.45) is 0 Å². The van der Waals surface area contributed by atoms with Crippen molar-refractivity contribution >= 4 is 44.2 Å². The summed E-state index contributed by atoms with van der Waals surface area (Å²) in [6.07, 6.45) is 8.41. The van der Waals surface area contributed by atoms with Gasteiger partial charge in [-0.25, -0.2) is 9.67 Å². The van der Waals surface area contributed by atoms with E-state index in [0.717, 1.165) is 82.0 Å². The van der Waals surface area contributed by atoms with Crippen LogP contribution in [0.2, 0.25) is 0 Å². The molecule has 0 unspecified atom stereocenters. The van der Waals surface area contributed by atoms with Crippen LogP contribution in [-0.4, -0.2) is 49.6 Å². The molecule has 1 saturated heterocycles. The highest BCUT2D eigenvalue weighted by molar-refractivity contribution is 9.10. The summed E-state index contributed by atoms with van der Waals surface area (Å²) in [6.45, 7) is 3.11. The van der Waals surface area contributed by atoms with Crippen molar-refractivity contribution in [1.29, 1.82) is 0 Å². The van der Waals surface area contributed by atoms with Gasteiger partial charge >= 0.3 is 0 Å². The van der Waals surface area contributed by atoms with Gasteiger partial charge in [-0.3, -0.25) is 14.6 Å². The van der Waals surface area contributed by atoms with Crippen molar-refractivity contribution in [2.75, 3.05) is 18.4 Å². The van der Waals surface area contributed by atoms with E-state index in [0.29, 0.717) is 10.7 Å². The molecule has 4 aromatic rings. The Morgan fingerprint density at radius 2 is 1.95 bits per heavy atom. The lowest BCUT2D eigenvalue weighted by atomic mass is 9.95. The summed E-state index contributed by atoms with van der Waals surface area (Å²) in [7, 11) is 0. The highest BCUT2D eigenvalue weighted by atomic mass is 79.9. The molecule has 188 valence electrons. The zero-order valence-corrected chi connectivity index (χ0v) is 22.7. The van der Waals surface area contributed by atoms with E-state index in [2.05, 4.69) is 31.2 Å². The third-order valence-electron chi connectivity index (χ3n) is 6.79. The zero-order chi connectivity index (χ0) is 25.5. The number of amides is 2. The first-order valence-electron chi connectivity index (χ1n) is 12.4. The number of piperidine rings is 1. The molecular formula is C27H25BrN6O2S. The molecule has 1 aromatic carbocycles. The van der Waals surface area contributed by atoms with Crippen LogP contribution in [0, 0.1) is 0 Å². The summed E-state index contributed by atoms with van der Waals surface area (Å²) in [6, 6.07) is 9.65. The standard InChI is InChI=1S/C27H25BrN6O2S/c1-16(35)30-27-31-21-9-8-19-23(18-6-5-11-29-15-18)32-34(24(19)25(21)37-27)22-10-7-17(14-20(22)28)26(36)33-12-3-2-4-13-33/h5-7,10-11,14-15H,2-4,8-9,12-13H2,1H3,(H,30,31,35). The smallest absolute Gasteiger partial charge is 0.253 e. The van der Waals surface area contributed by atoms with Crippen molar-refractivity contribution in [3.8, 4) is 27.5 Å². The summed E-state index contributed by atoms with van der Waals surface area (Å²) in [5.41, 5.74) is 6.36. The minimum absolute atomic E-state index is 0.0650. The van der Waals surface area contributed by atoms with Gasteiger partial charge in [-0.15, -0.1) is 0 Å². The number of benzene rings is 1. The van der Waals surface area contributed by atoms with Crippen molar-refractivity contribution in [3.63, 3.8) is 0 Å². The SMILES string of the molecule is CC(=O)Nc1nc2c(s1)-c1c(c(-c3cccnc3)nn1-c1ccc(C(=O)N3CCCCC3)cc1Br)CC2. The third kappa shape index (κ3) is 4.48. The molecule has 1 aliphatic heterocycles. The first-order valence-corrected chi connectivity index (χ1v) is 14.0. The Balaban J connectivity index is 1.47. The van der Waals surface area contributed by atoms with Gasteiger partial charge < -0.3 is 10.2 Å². The third-order valence-corrected chi connectivity index (χ3v) is 8.45. The van der Waals surface area contributed by atoms with Crippen LogP contribution in [0.4, 0.5) is 5.13 Å². The van der Waals surface area contributed by atoms with Gasteiger partial charge in [0.1, 0.15) is 0 Å². The van der Waals surface area contributed by atoms with Crippen LogP contribution in [-0.2, 0) is 17.6 Å². The number of halogens is 1. The number of aryl methyl sites for hydroxylation is 1. The maximum Gasteiger partial charge on any atom is 0.253 e. The fraction of sp³-hybridized carbons (Fsp3) is 0.296. The number of hydrogen-bond donors (Lipinski definition) is 1. The largest absolute Gasteiger partial charge is 0.339 e. The predicted octanol–water partition coefficient (Wildman–Crippen LogP) is 5.50. The Kier molecular flexibility index (Phi) is 6.37. The number of anilines is 1. The molecule has 10 heteroatoms. The number of hydrogen-bond acceptors (Lipinski definition) is 6. The second-order valence-corrected chi connectivity index (χ2v) is 11.2. The molecule has 4 heterocycles. The average Bonchev–Trinajstić information content (AvgIpc) is 3.50. The molecule has 1 fully saturated rings. The molecule has 37 heavy (non-hydrogen) atoms. The molecule has 1 aliphatic carbocycles. The van der Waals surface area contributed by atoms with Crippen LogP contribution in [0.1, 0.15) is 47.8 Å². The molecular weight excluding hydrogens is 552 g/mol. The number of carbonyl (C=O) groups excluding carboxylic acids is 2. The first-order chi connectivity index (χ1) is 18.0. The molecule has 2 amide bonds. The lowest BCUT2D eigenvalue weighted by molar-refractivity contribution is -0.114. The van der Waals surface area contributed by atoms with Gasteiger partial charge in [0.2, 0.25) is 5.91 Å². The number of carbonyl (C=O) groups is 2. The molecule has 0 saturated carbocycles. The van der Waals surface area contributed by atoms with Gasteiger partial charge in [-0.05, 0) is 78.4 Å². The Labute approximate surface area is 226 Å². The zero-order valence-electron chi connectivity index (χ0n) is 20.3. The molecule has 1 N–H and O–H groups in total. The lowest BCUT2D eigenvalue weighted by Crippen LogP contribution is -2.35. The molecule has 0 bridgehead atoms. The van der Waals surface area contributed by atoms with Crippen LogP contribution < -0.4 is 5.32 Å². The second-order valence-electron chi connectivity index (χ2n) is 9.32. The van der Waals surface area contributed by atoms with Crippen LogP contribution >= 0.6 is 27.3 Å². The molecule has 0 spiro atoms. The van der Waals surface area contributed by atoms with Gasteiger partial charge in [0.25, 0.3) is 5.91 Å². The Morgan fingerprint density at radius 1 is 1.11 bits per heavy atom. The predicted molar refractivity (Wildman–Crippen MR) is 147 cm³/mol. The molecule has 3 aromatic heterocycles. The fourth-order valence-corrected chi connectivity index (χ4v) is 6.74. The minimum atomic E-state index is -0.146. The number of pyridine rings is 1. The van der Waals surface area contributed by atoms with Crippen molar-refractivity contribution in [1.82, 2.24) is 24.6 Å². The van der Waals surface area contributed by atoms with E-state index in [1.807, 2.05) is 46.1 Å². The van der Waals surface area contributed by atoms with E-state index in [1.54, 1.807) is 6.20 Å². The van der Waals surface area contributed by atoms with Gasteiger partial charge in [0.05, 0.1) is 27.6 Å². The minimum Gasteiger partial charge on any atom is -0.339 e. The highest BCUT2D eigenvalue weighted by Gasteiger charge is 2.31. The number of rotatable bonds is 4. The quantitative estimate of drug-likeness (QED) is 0.346.